The van der Waals surface area contributed by atoms with E-state index in [2.05, 4.69) is 32.7 Å². The lowest BCUT2D eigenvalue weighted by Gasteiger charge is -2.36. The molecule has 3 fully saturated rings. The van der Waals surface area contributed by atoms with Crippen molar-refractivity contribution in [2.45, 2.75) is 95.4 Å². The van der Waals surface area contributed by atoms with E-state index < -0.39 is 29.7 Å². The van der Waals surface area contributed by atoms with E-state index in [4.69, 9.17) is 9.72 Å². The first-order chi connectivity index (χ1) is 27.7. The van der Waals surface area contributed by atoms with Gasteiger partial charge in [0.05, 0.1) is 22.8 Å². The summed E-state index contributed by atoms with van der Waals surface area (Å²) in [6.45, 7) is 6.73. The number of imide groups is 1. The molecule has 0 spiro atoms. The SMILES string of the molecule is CC(C)Oc1cc2nc([C@H]3CC[C@H](CN4CCC(c5ccc6c(c5)n(C)c(=O)n6C5CCC(=O)NC5=O)CC4)CC3)cn2cc1NC(=O)c1cccc(C(F)(F)F)n1. The zero-order valence-electron chi connectivity index (χ0n) is 32.7. The Morgan fingerprint density at radius 2 is 1.69 bits per heavy atom. The van der Waals surface area contributed by atoms with Gasteiger partial charge < -0.3 is 19.4 Å². The summed E-state index contributed by atoms with van der Waals surface area (Å²) in [5.41, 5.74) is 2.85. The standard InChI is InChI=1S/C42H47F3N8O5/c1-24(2)58-35-20-37-47-30(22-52(37)23-31(35)48-39(55)29-5-4-6-36(46-29)42(43,44)45)27-9-7-25(8-10-27)21-51-17-15-26(16-18-51)28-11-12-32-34(19-28)50(3)41(57)53(32)33-13-14-38(54)49-40(33)56/h4-6,11-12,19-20,22-27,33H,7-10,13-18,21H2,1-3H3,(H,48,55)(H,49,54,56)/t25-,27-,33?. The van der Waals surface area contributed by atoms with Crippen molar-refractivity contribution in [3.63, 3.8) is 0 Å². The predicted molar refractivity (Wildman–Crippen MR) is 210 cm³/mol. The number of halogens is 3. The molecule has 13 nitrogen and oxygen atoms in total. The van der Waals surface area contributed by atoms with Gasteiger partial charge in [-0.05, 0) is 114 Å². The molecule has 1 aliphatic carbocycles. The highest BCUT2D eigenvalue weighted by Crippen LogP contribution is 2.38. The molecule has 3 amide bonds. The molecule has 58 heavy (non-hydrogen) atoms. The second kappa shape index (κ2) is 15.7. The molecule has 0 radical (unpaired) electrons. The lowest BCUT2D eigenvalue weighted by molar-refractivity contribution is -0.141. The first kappa shape index (κ1) is 39.3. The number of pyridine rings is 2. The maximum atomic E-state index is 13.3. The monoisotopic (exact) mass is 800 g/mol. The van der Waals surface area contributed by atoms with Crippen LogP contribution in [0.1, 0.15) is 111 Å². The highest BCUT2D eigenvalue weighted by Gasteiger charge is 2.34. The Balaban J connectivity index is 0.874. The van der Waals surface area contributed by atoms with Gasteiger partial charge in [-0.3, -0.25) is 28.8 Å². The van der Waals surface area contributed by atoms with Gasteiger partial charge in [-0.1, -0.05) is 12.1 Å². The van der Waals surface area contributed by atoms with Gasteiger partial charge in [0.25, 0.3) is 5.91 Å². The van der Waals surface area contributed by atoms with E-state index in [1.165, 1.54) is 16.2 Å². The van der Waals surface area contributed by atoms with E-state index in [9.17, 15) is 32.3 Å². The van der Waals surface area contributed by atoms with Crippen molar-refractivity contribution in [1.29, 1.82) is 0 Å². The summed E-state index contributed by atoms with van der Waals surface area (Å²) in [7, 11) is 1.73. The van der Waals surface area contributed by atoms with Gasteiger partial charge in [0.1, 0.15) is 34.5 Å². The number of imidazole rings is 2. The lowest BCUT2D eigenvalue weighted by atomic mass is 9.80. The zero-order chi connectivity index (χ0) is 40.9. The molecule has 1 unspecified atom stereocenters. The summed E-state index contributed by atoms with van der Waals surface area (Å²) in [4.78, 5) is 61.6. The number of fused-ring (bicyclic) bond motifs is 2. The molecule has 8 rings (SSSR count). The van der Waals surface area contributed by atoms with Crippen molar-refractivity contribution < 1.29 is 32.3 Å². The number of aromatic nitrogens is 5. The molecule has 4 aromatic heterocycles. The number of rotatable bonds is 9. The number of hydrogen-bond acceptors (Lipinski definition) is 8. The van der Waals surface area contributed by atoms with Crippen molar-refractivity contribution in [1.82, 2.24) is 33.7 Å². The lowest BCUT2D eigenvalue weighted by Crippen LogP contribution is -2.44. The summed E-state index contributed by atoms with van der Waals surface area (Å²) in [6.07, 6.45) is 5.46. The molecule has 1 atom stereocenters. The van der Waals surface area contributed by atoms with Crippen molar-refractivity contribution in [3.8, 4) is 5.75 Å². The molecule has 5 aromatic rings. The minimum atomic E-state index is -4.67. The molecule has 0 bridgehead atoms. The van der Waals surface area contributed by atoms with Gasteiger partial charge in [0, 0.05) is 44.4 Å². The Kier molecular flexibility index (Phi) is 10.6. The van der Waals surface area contributed by atoms with Crippen LogP contribution in [-0.4, -0.2) is 71.9 Å². The van der Waals surface area contributed by atoms with Crippen LogP contribution in [0.2, 0.25) is 0 Å². The van der Waals surface area contributed by atoms with Crippen LogP contribution in [0.3, 0.4) is 0 Å². The minimum absolute atomic E-state index is 0.207. The van der Waals surface area contributed by atoms with Crippen LogP contribution in [0, 0.1) is 5.92 Å². The quantitative estimate of drug-likeness (QED) is 0.159. The molecule has 2 aliphatic heterocycles. The van der Waals surface area contributed by atoms with Gasteiger partial charge in [0.2, 0.25) is 11.8 Å². The number of hydrogen-bond donors (Lipinski definition) is 2. The number of likely N-dealkylation sites (tertiary alicyclic amines) is 1. The van der Waals surface area contributed by atoms with Gasteiger partial charge in [-0.15, -0.1) is 0 Å². The van der Waals surface area contributed by atoms with Gasteiger partial charge in [-0.25, -0.2) is 14.8 Å². The summed E-state index contributed by atoms with van der Waals surface area (Å²) in [5, 5.41) is 5.06. The number of anilines is 1. The Hall–Kier alpha value is -5.51. The van der Waals surface area contributed by atoms with E-state index >= 15 is 0 Å². The van der Waals surface area contributed by atoms with Gasteiger partial charge in [-0.2, -0.15) is 13.2 Å². The van der Waals surface area contributed by atoms with Crippen LogP contribution >= 0.6 is 0 Å². The Morgan fingerprint density at radius 1 is 0.931 bits per heavy atom. The number of benzene rings is 1. The number of nitrogens with zero attached hydrogens (tertiary/aromatic N) is 6. The highest BCUT2D eigenvalue weighted by atomic mass is 19.4. The predicted octanol–water partition coefficient (Wildman–Crippen LogP) is 6.57. The number of alkyl halides is 3. The molecule has 306 valence electrons. The first-order valence-corrected chi connectivity index (χ1v) is 20.0. The molecule has 2 saturated heterocycles. The van der Waals surface area contributed by atoms with Gasteiger partial charge >= 0.3 is 11.9 Å². The smallest absolute Gasteiger partial charge is 0.433 e. The Morgan fingerprint density at radius 3 is 2.40 bits per heavy atom. The molecule has 1 saturated carbocycles. The van der Waals surface area contributed by atoms with E-state index in [1.807, 2.05) is 30.5 Å². The highest BCUT2D eigenvalue weighted by molar-refractivity contribution is 6.03. The summed E-state index contributed by atoms with van der Waals surface area (Å²) in [5.74, 6) is 0.0724. The van der Waals surface area contributed by atoms with Crippen LogP contribution in [0.15, 0.2) is 59.7 Å². The van der Waals surface area contributed by atoms with E-state index in [0.29, 0.717) is 40.9 Å². The molecule has 1 aromatic carbocycles. The third-order valence-corrected chi connectivity index (χ3v) is 11.9. The zero-order valence-corrected chi connectivity index (χ0v) is 32.7. The van der Waals surface area contributed by atoms with Crippen LogP contribution in [0.4, 0.5) is 18.9 Å². The fourth-order valence-corrected chi connectivity index (χ4v) is 8.90. The van der Waals surface area contributed by atoms with Gasteiger partial charge in [0.15, 0.2) is 0 Å². The largest absolute Gasteiger partial charge is 0.489 e. The summed E-state index contributed by atoms with van der Waals surface area (Å²) in [6, 6.07) is 10.4. The molecule has 3 aliphatic rings. The first-order valence-electron chi connectivity index (χ1n) is 20.0. The summed E-state index contributed by atoms with van der Waals surface area (Å²) >= 11 is 0. The molecular formula is C42H47F3N8O5. The van der Waals surface area contributed by atoms with Crippen LogP contribution in [0.5, 0.6) is 5.75 Å². The molecular weight excluding hydrogens is 754 g/mol. The average molecular weight is 801 g/mol. The third-order valence-electron chi connectivity index (χ3n) is 11.9. The summed E-state index contributed by atoms with van der Waals surface area (Å²) < 4.78 is 50.7. The number of nitrogens with one attached hydrogen (secondary N) is 2. The topological polar surface area (TPSA) is 145 Å². The second-order valence-corrected chi connectivity index (χ2v) is 16.2. The number of carbonyl (C=O) groups is 3. The minimum Gasteiger partial charge on any atom is -0.489 e. The van der Waals surface area contributed by atoms with Crippen LogP contribution < -0.4 is 21.1 Å². The molecule has 16 heteroatoms. The average Bonchev–Trinajstić information content (AvgIpc) is 3.71. The third kappa shape index (κ3) is 7.98. The van der Waals surface area contributed by atoms with Crippen molar-refractivity contribution in [2.75, 3.05) is 25.0 Å². The van der Waals surface area contributed by atoms with E-state index in [0.717, 1.165) is 81.5 Å². The van der Waals surface area contributed by atoms with Crippen molar-refractivity contribution >= 4 is 40.1 Å². The van der Waals surface area contributed by atoms with Crippen LogP contribution in [0.25, 0.3) is 16.7 Å². The van der Waals surface area contributed by atoms with Crippen LogP contribution in [-0.2, 0) is 22.8 Å². The number of piperidine rings is 2. The normalized spacial score (nSPS) is 21.2. The Labute approximate surface area is 332 Å². The van der Waals surface area contributed by atoms with E-state index in [1.54, 1.807) is 23.9 Å². The van der Waals surface area contributed by atoms with Crippen molar-refractivity contribution in [2.24, 2.45) is 13.0 Å². The maximum Gasteiger partial charge on any atom is 0.433 e. The molecule has 6 heterocycles. The Bertz CT molecular complexity index is 2440. The van der Waals surface area contributed by atoms with E-state index in [-0.39, 0.29) is 35.7 Å². The number of aryl methyl sites for hydroxylation is 1. The molecule has 2 N–H and O–H groups in total. The number of amides is 3. The second-order valence-electron chi connectivity index (χ2n) is 16.2. The number of carbonyl (C=O) groups excluding carboxylic acids is 3. The van der Waals surface area contributed by atoms with Crippen molar-refractivity contribution in [3.05, 3.63) is 88.0 Å². The maximum absolute atomic E-state index is 13.3. The fourth-order valence-electron chi connectivity index (χ4n) is 8.90. The fraction of sp³-hybridized carbons (Fsp3) is 0.476. The number of ether oxygens (including phenoxy) is 1.